The summed E-state index contributed by atoms with van der Waals surface area (Å²) in [5, 5.41) is 3.61. The monoisotopic (exact) mass is 592 g/mol. The van der Waals surface area contributed by atoms with Crippen LogP contribution >= 0.6 is 11.6 Å². The zero-order chi connectivity index (χ0) is 29.3. The van der Waals surface area contributed by atoms with E-state index >= 15 is 0 Å². The van der Waals surface area contributed by atoms with Crippen LogP contribution in [0.25, 0.3) is 0 Å². The fraction of sp³-hybridized carbons (Fsp3) is 0.517. The van der Waals surface area contributed by atoms with Gasteiger partial charge in [0.05, 0.1) is 18.9 Å². The lowest BCUT2D eigenvalue weighted by atomic mass is 10.0. The third kappa shape index (κ3) is 8.67. The van der Waals surface area contributed by atoms with E-state index in [0.29, 0.717) is 43.9 Å². The van der Waals surface area contributed by atoms with E-state index in [0.717, 1.165) is 22.4 Å². The second kappa shape index (κ2) is 14.8. The highest BCUT2D eigenvalue weighted by atomic mass is 35.5. The average molecular weight is 593 g/mol. The quantitative estimate of drug-likeness (QED) is 0.386. The number of carbonyl (C=O) groups is 2. The maximum absolute atomic E-state index is 13.7. The Bertz CT molecular complexity index is 1250. The van der Waals surface area contributed by atoms with Crippen molar-refractivity contribution in [1.82, 2.24) is 14.1 Å². The van der Waals surface area contributed by atoms with E-state index in [9.17, 15) is 18.0 Å². The zero-order valence-electron chi connectivity index (χ0n) is 23.9. The Labute approximate surface area is 243 Å². The number of likely N-dealkylation sites (tertiary alicyclic amines) is 1. The van der Waals surface area contributed by atoms with E-state index in [-0.39, 0.29) is 43.4 Å². The van der Waals surface area contributed by atoms with Crippen molar-refractivity contribution >= 4 is 39.2 Å². The number of amides is 3. The minimum absolute atomic E-state index is 0.0326. The molecule has 2 aromatic carbocycles. The van der Waals surface area contributed by atoms with E-state index in [2.05, 4.69) is 5.32 Å². The number of nitrogens with one attached hydrogen (secondary N) is 1. The number of hydrogen-bond acceptors (Lipinski definition) is 5. The Morgan fingerprint density at radius 2 is 1.77 bits per heavy atom. The van der Waals surface area contributed by atoms with E-state index in [4.69, 9.17) is 16.3 Å². The van der Waals surface area contributed by atoms with Crippen LogP contribution in [0.1, 0.15) is 42.9 Å². The SMILES string of the molecule is CCCS(=O)(=O)N(CCOC)CC(=O)N(Cc1ccc(Cl)cc1)C1CCN(C(=O)Nc2cccc(C)c2C)CC1. The number of sulfonamides is 1. The summed E-state index contributed by atoms with van der Waals surface area (Å²) in [6, 6.07) is 12.8. The third-order valence-corrected chi connectivity index (χ3v) is 9.61. The first-order chi connectivity index (χ1) is 19.1. The number of anilines is 1. The minimum Gasteiger partial charge on any atom is -0.383 e. The molecule has 0 radical (unpaired) electrons. The first-order valence-electron chi connectivity index (χ1n) is 13.7. The smallest absolute Gasteiger partial charge is 0.321 e. The summed E-state index contributed by atoms with van der Waals surface area (Å²) in [5.74, 6) is -0.307. The van der Waals surface area contributed by atoms with Gasteiger partial charge < -0.3 is 19.9 Å². The van der Waals surface area contributed by atoms with Crippen LogP contribution in [-0.2, 0) is 26.1 Å². The van der Waals surface area contributed by atoms with Gasteiger partial charge in [-0.3, -0.25) is 4.79 Å². The van der Waals surface area contributed by atoms with Gasteiger partial charge in [-0.25, -0.2) is 13.2 Å². The fourth-order valence-electron chi connectivity index (χ4n) is 4.81. The number of benzene rings is 2. The van der Waals surface area contributed by atoms with Crippen molar-refractivity contribution < 1.29 is 22.7 Å². The van der Waals surface area contributed by atoms with E-state index in [1.807, 2.05) is 44.2 Å². The van der Waals surface area contributed by atoms with Crippen LogP contribution in [0, 0.1) is 13.8 Å². The van der Waals surface area contributed by atoms with Crippen LogP contribution in [0.5, 0.6) is 0 Å². The molecule has 0 spiro atoms. The number of aryl methyl sites for hydroxylation is 1. The third-order valence-electron chi connectivity index (χ3n) is 7.34. The molecule has 0 bridgehead atoms. The lowest BCUT2D eigenvalue weighted by molar-refractivity contribution is -0.135. The Morgan fingerprint density at radius 3 is 2.40 bits per heavy atom. The van der Waals surface area contributed by atoms with Crippen LogP contribution in [0.15, 0.2) is 42.5 Å². The van der Waals surface area contributed by atoms with Gasteiger partial charge in [-0.2, -0.15) is 4.31 Å². The van der Waals surface area contributed by atoms with E-state index in [1.165, 1.54) is 11.4 Å². The summed E-state index contributed by atoms with van der Waals surface area (Å²) in [4.78, 5) is 30.3. The largest absolute Gasteiger partial charge is 0.383 e. The van der Waals surface area contributed by atoms with Crippen LogP contribution in [0.3, 0.4) is 0 Å². The Kier molecular flexibility index (Phi) is 11.8. The summed E-state index contributed by atoms with van der Waals surface area (Å²) in [5.41, 5.74) is 3.82. The van der Waals surface area contributed by atoms with Crippen molar-refractivity contribution in [3.63, 3.8) is 0 Å². The van der Waals surface area contributed by atoms with Gasteiger partial charge in [0.1, 0.15) is 0 Å². The molecule has 2 aromatic rings. The summed E-state index contributed by atoms with van der Waals surface area (Å²) in [6.07, 6.45) is 1.62. The molecule has 0 aromatic heterocycles. The highest BCUT2D eigenvalue weighted by Gasteiger charge is 2.32. The second-order valence-corrected chi connectivity index (χ2v) is 12.7. The first kappa shape index (κ1) is 31.9. The zero-order valence-corrected chi connectivity index (χ0v) is 25.4. The number of halogens is 1. The Balaban J connectivity index is 1.74. The van der Waals surface area contributed by atoms with Crippen molar-refractivity contribution in [2.24, 2.45) is 0 Å². The lowest BCUT2D eigenvalue weighted by Crippen LogP contribution is -2.52. The van der Waals surface area contributed by atoms with Crippen molar-refractivity contribution in [2.45, 2.75) is 52.6 Å². The van der Waals surface area contributed by atoms with Crippen LogP contribution in [0.2, 0.25) is 5.02 Å². The predicted octanol–water partition coefficient (Wildman–Crippen LogP) is 4.67. The summed E-state index contributed by atoms with van der Waals surface area (Å²) in [7, 11) is -2.11. The average Bonchev–Trinajstić information content (AvgIpc) is 2.93. The molecular weight excluding hydrogens is 552 g/mol. The highest BCUT2D eigenvalue weighted by molar-refractivity contribution is 7.89. The van der Waals surface area contributed by atoms with Gasteiger partial charge in [0.2, 0.25) is 15.9 Å². The summed E-state index contributed by atoms with van der Waals surface area (Å²) < 4.78 is 32.2. The van der Waals surface area contributed by atoms with Crippen molar-refractivity contribution in [3.8, 4) is 0 Å². The lowest BCUT2D eigenvalue weighted by Gasteiger charge is -2.39. The molecule has 0 saturated carbocycles. The number of rotatable bonds is 12. The maximum Gasteiger partial charge on any atom is 0.321 e. The second-order valence-electron chi connectivity index (χ2n) is 10.2. The number of urea groups is 1. The van der Waals surface area contributed by atoms with Crippen molar-refractivity contribution in [2.75, 3.05) is 51.0 Å². The fourth-order valence-corrected chi connectivity index (χ4v) is 6.37. The number of ether oxygens (including phenoxy) is 1. The molecule has 1 fully saturated rings. The number of hydrogen-bond donors (Lipinski definition) is 1. The van der Waals surface area contributed by atoms with E-state index in [1.54, 1.807) is 28.9 Å². The van der Waals surface area contributed by atoms with Gasteiger partial charge in [-0.15, -0.1) is 0 Å². The Morgan fingerprint density at radius 1 is 1.10 bits per heavy atom. The molecule has 3 amide bonds. The molecule has 9 nitrogen and oxygen atoms in total. The topological polar surface area (TPSA) is 99.3 Å². The molecule has 220 valence electrons. The molecule has 11 heteroatoms. The summed E-state index contributed by atoms with van der Waals surface area (Å²) in [6.45, 7) is 7.11. The van der Waals surface area contributed by atoms with Crippen molar-refractivity contribution in [3.05, 3.63) is 64.2 Å². The number of nitrogens with zero attached hydrogens (tertiary/aromatic N) is 3. The van der Waals surface area contributed by atoms with E-state index < -0.39 is 10.0 Å². The molecule has 40 heavy (non-hydrogen) atoms. The van der Waals surface area contributed by atoms with Gasteiger partial charge in [0.25, 0.3) is 0 Å². The molecule has 3 rings (SSSR count). The molecular formula is C29H41ClN4O5S. The molecule has 0 aliphatic carbocycles. The normalized spacial score (nSPS) is 14.4. The van der Waals surface area contributed by atoms with Gasteiger partial charge in [0.15, 0.2) is 0 Å². The van der Waals surface area contributed by atoms with Gasteiger partial charge in [-0.05, 0) is 68.0 Å². The standard InChI is InChI=1S/C29H41ClN4O5S/c1-5-19-40(37,38)33(17-18-39-4)21-28(35)34(20-24-9-11-25(30)12-10-24)26-13-15-32(16-14-26)29(36)31-27-8-6-7-22(2)23(27)3/h6-12,26H,5,13-21H2,1-4H3,(H,31,36). The summed E-state index contributed by atoms with van der Waals surface area (Å²) >= 11 is 6.07. The van der Waals surface area contributed by atoms with Gasteiger partial charge >= 0.3 is 6.03 Å². The number of piperidine rings is 1. The molecule has 1 saturated heterocycles. The van der Waals surface area contributed by atoms with Crippen LogP contribution in [0.4, 0.5) is 10.5 Å². The number of carbonyl (C=O) groups excluding carboxylic acids is 2. The van der Waals surface area contributed by atoms with Gasteiger partial charge in [0, 0.05) is 50.0 Å². The van der Waals surface area contributed by atoms with Crippen molar-refractivity contribution in [1.29, 1.82) is 0 Å². The Hall–Kier alpha value is -2.66. The van der Waals surface area contributed by atoms with Gasteiger partial charge in [-0.1, -0.05) is 42.8 Å². The predicted molar refractivity (Wildman–Crippen MR) is 159 cm³/mol. The van der Waals surface area contributed by atoms with Crippen LogP contribution < -0.4 is 5.32 Å². The highest BCUT2D eigenvalue weighted by Crippen LogP contribution is 2.23. The molecule has 0 unspecified atom stereocenters. The molecule has 1 heterocycles. The maximum atomic E-state index is 13.7. The minimum atomic E-state index is -3.61. The molecule has 1 aliphatic rings. The molecule has 1 aliphatic heterocycles. The molecule has 1 N–H and O–H groups in total. The number of methoxy groups -OCH3 is 1. The van der Waals surface area contributed by atoms with Crippen LogP contribution in [-0.4, -0.2) is 86.2 Å². The molecule has 0 atom stereocenters. The first-order valence-corrected chi connectivity index (χ1v) is 15.7.